The molecule has 0 radical (unpaired) electrons. The molecular weight excluding hydrogens is 366 g/mol. The molecule has 0 aliphatic carbocycles. The van der Waals surface area contributed by atoms with Crippen molar-refractivity contribution in [1.82, 2.24) is 0 Å². The molecule has 3 rings (SSSR count). The first-order chi connectivity index (χ1) is 12.8. The summed E-state index contributed by atoms with van der Waals surface area (Å²) in [7, 11) is -3.96. The van der Waals surface area contributed by atoms with E-state index in [1.807, 2.05) is 0 Å². The number of aryl methyl sites for hydroxylation is 1. The summed E-state index contributed by atoms with van der Waals surface area (Å²) in [5.41, 5.74) is 1.63. The van der Waals surface area contributed by atoms with Crippen LogP contribution in [0.1, 0.15) is 31.7 Å². The summed E-state index contributed by atoms with van der Waals surface area (Å²) in [6.07, 6.45) is 2.39. The lowest BCUT2D eigenvalue weighted by molar-refractivity contribution is -0.117. The van der Waals surface area contributed by atoms with E-state index >= 15 is 0 Å². The van der Waals surface area contributed by atoms with Gasteiger partial charge in [-0.3, -0.25) is 4.79 Å². The fourth-order valence-electron chi connectivity index (χ4n) is 2.92. The highest BCUT2D eigenvalue weighted by molar-refractivity contribution is 7.87. The van der Waals surface area contributed by atoms with E-state index in [2.05, 4.69) is 0 Å². The Bertz CT molecular complexity index is 933. The van der Waals surface area contributed by atoms with Gasteiger partial charge in [-0.1, -0.05) is 12.1 Å². The molecule has 0 saturated carbocycles. The minimum Gasteiger partial charge on any atom is -0.379 e. The molecule has 1 heterocycles. The van der Waals surface area contributed by atoms with Gasteiger partial charge in [-0.15, -0.1) is 0 Å². The minimum atomic E-state index is -3.96. The molecule has 27 heavy (non-hydrogen) atoms. The van der Waals surface area contributed by atoms with Crippen molar-refractivity contribution in [3.05, 3.63) is 54.1 Å². The third-order valence-electron chi connectivity index (χ3n) is 4.41. The van der Waals surface area contributed by atoms with Gasteiger partial charge >= 0.3 is 10.1 Å². The molecule has 1 saturated heterocycles. The standard InChI is InChI=1S/C20H21NO5S/c1-15(22)4-5-16-6-10-18(11-7-16)26-27(24,25)19-12-8-17(9-13-19)21-14-2-3-20(21)23/h6-13H,2-5,14H2,1H3. The first-order valence-corrected chi connectivity index (χ1v) is 10.2. The van der Waals surface area contributed by atoms with Gasteiger partial charge in [0, 0.05) is 25.1 Å². The molecule has 6 nitrogen and oxygen atoms in total. The molecule has 0 bridgehead atoms. The van der Waals surface area contributed by atoms with E-state index in [1.165, 1.54) is 19.1 Å². The molecule has 2 aromatic carbocycles. The van der Waals surface area contributed by atoms with E-state index < -0.39 is 10.1 Å². The van der Waals surface area contributed by atoms with Gasteiger partial charge in [0.15, 0.2) is 0 Å². The van der Waals surface area contributed by atoms with Crippen molar-refractivity contribution in [3.63, 3.8) is 0 Å². The predicted octanol–water partition coefficient (Wildman–Crippen LogP) is 3.10. The number of ketones is 1. The Morgan fingerprint density at radius 2 is 1.74 bits per heavy atom. The lowest BCUT2D eigenvalue weighted by Crippen LogP contribution is -2.23. The quantitative estimate of drug-likeness (QED) is 0.682. The molecule has 0 atom stereocenters. The Morgan fingerprint density at radius 1 is 1.07 bits per heavy atom. The zero-order valence-corrected chi connectivity index (χ0v) is 15.9. The Balaban J connectivity index is 1.69. The maximum absolute atomic E-state index is 12.5. The van der Waals surface area contributed by atoms with Crippen LogP contribution in [-0.4, -0.2) is 26.7 Å². The van der Waals surface area contributed by atoms with Gasteiger partial charge in [-0.25, -0.2) is 0 Å². The van der Waals surface area contributed by atoms with Crippen LogP contribution in [0.2, 0.25) is 0 Å². The lowest BCUT2D eigenvalue weighted by atomic mass is 10.1. The second-order valence-electron chi connectivity index (χ2n) is 6.53. The molecule has 1 aliphatic rings. The summed E-state index contributed by atoms with van der Waals surface area (Å²) in [5.74, 6) is 0.365. The van der Waals surface area contributed by atoms with Crippen LogP contribution in [0.5, 0.6) is 5.75 Å². The van der Waals surface area contributed by atoms with Crippen LogP contribution in [0.15, 0.2) is 53.4 Å². The zero-order chi connectivity index (χ0) is 19.4. The fraction of sp³-hybridized carbons (Fsp3) is 0.300. The van der Waals surface area contributed by atoms with Crippen molar-refractivity contribution >= 4 is 27.5 Å². The largest absolute Gasteiger partial charge is 0.379 e. The first-order valence-electron chi connectivity index (χ1n) is 8.78. The van der Waals surface area contributed by atoms with Crippen molar-refractivity contribution in [1.29, 1.82) is 0 Å². The van der Waals surface area contributed by atoms with Crippen LogP contribution in [-0.2, 0) is 26.1 Å². The molecule has 0 unspecified atom stereocenters. The molecular formula is C20H21NO5S. The summed E-state index contributed by atoms with van der Waals surface area (Å²) in [6, 6.07) is 12.8. The number of anilines is 1. The van der Waals surface area contributed by atoms with Gasteiger partial charge in [0.1, 0.15) is 16.4 Å². The third-order valence-corrected chi connectivity index (χ3v) is 5.67. The number of nitrogens with zero attached hydrogens (tertiary/aromatic N) is 1. The van der Waals surface area contributed by atoms with Gasteiger partial charge in [0.05, 0.1) is 0 Å². The molecule has 1 amide bonds. The Morgan fingerprint density at radius 3 is 2.30 bits per heavy atom. The Labute approximate surface area is 158 Å². The molecule has 2 aromatic rings. The molecule has 0 aromatic heterocycles. The van der Waals surface area contributed by atoms with Crippen molar-refractivity contribution in [3.8, 4) is 5.75 Å². The van der Waals surface area contributed by atoms with Crippen molar-refractivity contribution in [2.75, 3.05) is 11.4 Å². The van der Waals surface area contributed by atoms with Crippen LogP contribution >= 0.6 is 0 Å². The average Bonchev–Trinajstić information content (AvgIpc) is 3.07. The van der Waals surface area contributed by atoms with Gasteiger partial charge in [0.25, 0.3) is 0 Å². The maximum atomic E-state index is 12.5. The first kappa shape index (κ1) is 19.1. The molecule has 1 aliphatic heterocycles. The third kappa shape index (κ3) is 4.74. The van der Waals surface area contributed by atoms with E-state index in [0.717, 1.165) is 12.0 Å². The zero-order valence-electron chi connectivity index (χ0n) is 15.1. The lowest BCUT2D eigenvalue weighted by Gasteiger charge is -2.16. The SMILES string of the molecule is CC(=O)CCc1ccc(OS(=O)(=O)c2ccc(N3CCCC3=O)cc2)cc1. The fourth-order valence-corrected chi connectivity index (χ4v) is 3.85. The van der Waals surface area contributed by atoms with Crippen LogP contribution in [0.25, 0.3) is 0 Å². The smallest absolute Gasteiger partial charge is 0.339 e. The highest BCUT2D eigenvalue weighted by atomic mass is 32.2. The van der Waals surface area contributed by atoms with Gasteiger partial charge in [-0.05, 0) is 61.7 Å². The molecule has 1 fully saturated rings. The average molecular weight is 387 g/mol. The number of hydrogen-bond acceptors (Lipinski definition) is 5. The number of amides is 1. The normalized spacial score (nSPS) is 14.4. The van der Waals surface area contributed by atoms with Gasteiger partial charge < -0.3 is 13.9 Å². The van der Waals surface area contributed by atoms with E-state index in [-0.39, 0.29) is 22.3 Å². The van der Waals surface area contributed by atoms with Crippen molar-refractivity contribution in [2.24, 2.45) is 0 Å². The Hall–Kier alpha value is -2.67. The van der Waals surface area contributed by atoms with E-state index in [1.54, 1.807) is 41.3 Å². The minimum absolute atomic E-state index is 0.0264. The van der Waals surface area contributed by atoms with Crippen LogP contribution in [0.3, 0.4) is 0 Å². The summed E-state index contributed by atoms with van der Waals surface area (Å²) in [4.78, 5) is 24.5. The highest BCUT2D eigenvalue weighted by Crippen LogP contribution is 2.25. The topological polar surface area (TPSA) is 80.8 Å². The molecule has 7 heteroatoms. The highest BCUT2D eigenvalue weighted by Gasteiger charge is 2.23. The number of carbonyl (C=O) groups is 2. The monoisotopic (exact) mass is 387 g/mol. The number of benzene rings is 2. The Kier molecular flexibility index (Phi) is 5.60. The van der Waals surface area contributed by atoms with E-state index in [9.17, 15) is 18.0 Å². The maximum Gasteiger partial charge on any atom is 0.339 e. The summed E-state index contributed by atoms with van der Waals surface area (Å²) < 4.78 is 30.1. The summed E-state index contributed by atoms with van der Waals surface area (Å²) in [5, 5.41) is 0. The van der Waals surface area contributed by atoms with Gasteiger partial charge in [0.2, 0.25) is 5.91 Å². The van der Waals surface area contributed by atoms with Gasteiger partial charge in [-0.2, -0.15) is 8.42 Å². The van der Waals surface area contributed by atoms with Crippen LogP contribution in [0, 0.1) is 0 Å². The summed E-state index contributed by atoms with van der Waals surface area (Å²) >= 11 is 0. The molecule has 142 valence electrons. The van der Waals surface area contributed by atoms with E-state index in [4.69, 9.17) is 4.18 Å². The van der Waals surface area contributed by atoms with Crippen molar-refractivity contribution < 1.29 is 22.2 Å². The van der Waals surface area contributed by atoms with Crippen LogP contribution in [0.4, 0.5) is 5.69 Å². The number of carbonyl (C=O) groups excluding carboxylic acids is 2. The van der Waals surface area contributed by atoms with Crippen molar-refractivity contribution in [2.45, 2.75) is 37.5 Å². The number of rotatable bonds is 7. The molecule has 0 spiro atoms. The number of Topliss-reactive ketones (excluding diaryl/α,β-unsaturated/α-hetero) is 1. The second kappa shape index (κ2) is 7.92. The second-order valence-corrected chi connectivity index (χ2v) is 8.07. The molecule has 0 N–H and O–H groups in total. The predicted molar refractivity (Wildman–Crippen MR) is 101 cm³/mol. The number of hydrogen-bond donors (Lipinski definition) is 0. The van der Waals surface area contributed by atoms with Crippen LogP contribution < -0.4 is 9.08 Å². The van der Waals surface area contributed by atoms with E-state index in [0.29, 0.717) is 31.5 Å². The summed E-state index contributed by atoms with van der Waals surface area (Å²) in [6.45, 7) is 2.19.